The molecule has 0 spiro atoms. The first-order valence-corrected chi connectivity index (χ1v) is 27.0. The standard InChI is InChI=1S/C70H67BN4/c1-67(2,3)44-26-32-58-52(38-44)53-39-45(68(4,5)6)27-33-59(53)74(58)50-30-36-62-56(42-50)71-57-43-51(75-60-34-28-46(69(7,8)9)40-54(60)55-41-47(70(10,11)12)29-35-61(55)75)31-37-63(57)73(49-22-17-14-18-23-49)65-25-19-24-64(66(65)71)72(62)48-20-15-13-16-21-48/h13-43H,1-12H3. The molecular formula is C70H67BN4. The van der Waals surface area contributed by atoms with Crippen molar-refractivity contribution in [3.8, 4) is 11.4 Å². The molecule has 9 aromatic carbocycles. The molecule has 370 valence electrons. The molecule has 0 saturated heterocycles. The molecule has 2 aliphatic rings. The van der Waals surface area contributed by atoms with Gasteiger partial charge in [-0.15, -0.1) is 0 Å². The van der Waals surface area contributed by atoms with Crippen LogP contribution < -0.4 is 26.2 Å². The van der Waals surface area contributed by atoms with Crippen LogP contribution in [0.4, 0.5) is 34.1 Å². The Bertz CT molecular complexity index is 3700. The van der Waals surface area contributed by atoms with E-state index in [-0.39, 0.29) is 28.4 Å². The van der Waals surface area contributed by atoms with Gasteiger partial charge in [0.1, 0.15) is 0 Å². The van der Waals surface area contributed by atoms with Crippen molar-refractivity contribution in [1.29, 1.82) is 0 Å². The third kappa shape index (κ3) is 7.40. The first-order valence-electron chi connectivity index (χ1n) is 27.0. The van der Waals surface area contributed by atoms with Gasteiger partial charge < -0.3 is 18.9 Å². The summed E-state index contributed by atoms with van der Waals surface area (Å²) in [7, 11) is 0. The summed E-state index contributed by atoms with van der Waals surface area (Å²) in [6.45, 7) is 27.8. The van der Waals surface area contributed by atoms with E-state index in [4.69, 9.17) is 0 Å². The maximum atomic E-state index is 2.53. The van der Waals surface area contributed by atoms with Crippen molar-refractivity contribution in [1.82, 2.24) is 9.13 Å². The van der Waals surface area contributed by atoms with Crippen LogP contribution in [0.1, 0.15) is 105 Å². The van der Waals surface area contributed by atoms with Crippen LogP contribution in [0.2, 0.25) is 0 Å². The molecule has 0 bridgehead atoms. The summed E-state index contributed by atoms with van der Waals surface area (Å²) in [4.78, 5) is 5.02. The highest BCUT2D eigenvalue weighted by atomic mass is 15.2. The highest BCUT2D eigenvalue weighted by molar-refractivity contribution is 7.00. The summed E-state index contributed by atoms with van der Waals surface area (Å²) >= 11 is 0. The number of hydrogen-bond donors (Lipinski definition) is 0. The summed E-state index contributed by atoms with van der Waals surface area (Å²) in [5, 5.41) is 5.17. The first kappa shape index (κ1) is 47.0. The zero-order chi connectivity index (χ0) is 52.1. The number of nitrogens with zero attached hydrogens (tertiary/aromatic N) is 4. The van der Waals surface area contributed by atoms with Crippen LogP contribution in [0.25, 0.3) is 55.0 Å². The van der Waals surface area contributed by atoms with Gasteiger partial charge in [0.05, 0.1) is 22.1 Å². The Morgan fingerprint density at radius 2 is 0.600 bits per heavy atom. The Hall–Kier alpha value is -7.76. The van der Waals surface area contributed by atoms with Crippen LogP contribution >= 0.6 is 0 Å². The Kier molecular flexibility index (Phi) is 10.3. The van der Waals surface area contributed by atoms with E-state index in [9.17, 15) is 0 Å². The smallest absolute Gasteiger partial charge is 0.252 e. The van der Waals surface area contributed by atoms with Gasteiger partial charge in [-0.05, 0) is 182 Å². The average Bonchev–Trinajstić information content (AvgIpc) is 3.90. The van der Waals surface area contributed by atoms with E-state index in [1.54, 1.807) is 0 Å². The molecule has 13 rings (SSSR count). The number of aromatic nitrogens is 2. The van der Waals surface area contributed by atoms with E-state index in [2.05, 4.69) is 290 Å². The summed E-state index contributed by atoms with van der Waals surface area (Å²) in [5.74, 6) is 0. The van der Waals surface area contributed by atoms with Crippen LogP contribution in [0, 0.1) is 0 Å². The van der Waals surface area contributed by atoms with Crippen molar-refractivity contribution in [3.63, 3.8) is 0 Å². The van der Waals surface area contributed by atoms with Crippen molar-refractivity contribution in [2.75, 3.05) is 9.80 Å². The van der Waals surface area contributed by atoms with E-state index < -0.39 is 0 Å². The number of para-hydroxylation sites is 2. The minimum Gasteiger partial charge on any atom is -0.311 e. The van der Waals surface area contributed by atoms with Gasteiger partial charge >= 0.3 is 0 Å². The van der Waals surface area contributed by atoms with Gasteiger partial charge in [0.2, 0.25) is 0 Å². The Labute approximate surface area is 444 Å². The van der Waals surface area contributed by atoms with Crippen molar-refractivity contribution in [2.24, 2.45) is 0 Å². The van der Waals surface area contributed by atoms with Crippen molar-refractivity contribution >= 4 is 101 Å². The fraction of sp³-hybridized carbons (Fsp3) is 0.229. The third-order valence-electron chi connectivity index (χ3n) is 16.5. The second-order valence-electron chi connectivity index (χ2n) is 25.6. The van der Waals surface area contributed by atoms with E-state index in [0.717, 1.165) is 22.7 Å². The van der Waals surface area contributed by atoms with E-state index in [0.29, 0.717) is 0 Å². The molecule has 2 aromatic heterocycles. The molecule has 11 aromatic rings. The van der Waals surface area contributed by atoms with E-state index >= 15 is 0 Å². The van der Waals surface area contributed by atoms with Crippen molar-refractivity contribution in [3.05, 3.63) is 210 Å². The highest BCUT2D eigenvalue weighted by Gasteiger charge is 2.44. The molecule has 0 saturated carbocycles. The van der Waals surface area contributed by atoms with Gasteiger partial charge in [-0.25, -0.2) is 0 Å². The molecule has 4 heterocycles. The summed E-state index contributed by atoms with van der Waals surface area (Å²) in [6.07, 6.45) is 0. The molecule has 0 radical (unpaired) electrons. The van der Waals surface area contributed by atoms with Crippen LogP contribution in [0.5, 0.6) is 0 Å². The fourth-order valence-corrected chi connectivity index (χ4v) is 12.4. The fourth-order valence-electron chi connectivity index (χ4n) is 12.4. The number of hydrogen-bond acceptors (Lipinski definition) is 2. The van der Waals surface area contributed by atoms with Gasteiger partial charge in [0.25, 0.3) is 6.71 Å². The minimum atomic E-state index is -0.0952. The molecule has 75 heavy (non-hydrogen) atoms. The molecular weight excluding hydrogens is 908 g/mol. The highest BCUT2D eigenvalue weighted by Crippen LogP contribution is 2.46. The van der Waals surface area contributed by atoms with Gasteiger partial charge in [0, 0.05) is 67.0 Å². The second kappa shape index (κ2) is 16.4. The molecule has 0 fully saturated rings. The maximum Gasteiger partial charge on any atom is 0.252 e. The number of fused-ring (bicyclic) bond motifs is 10. The summed E-state index contributed by atoms with van der Waals surface area (Å²) in [6, 6.07) is 72.2. The predicted molar refractivity (Wildman–Crippen MR) is 324 cm³/mol. The molecule has 0 atom stereocenters. The lowest BCUT2D eigenvalue weighted by molar-refractivity contribution is 0.590. The Morgan fingerprint density at radius 1 is 0.280 bits per heavy atom. The number of benzene rings is 9. The van der Waals surface area contributed by atoms with Crippen molar-refractivity contribution < 1.29 is 0 Å². The lowest BCUT2D eigenvalue weighted by Gasteiger charge is -2.44. The monoisotopic (exact) mass is 975 g/mol. The van der Waals surface area contributed by atoms with Crippen LogP contribution in [0.15, 0.2) is 188 Å². The Morgan fingerprint density at radius 3 is 0.907 bits per heavy atom. The molecule has 0 aliphatic carbocycles. The van der Waals surface area contributed by atoms with Crippen LogP contribution in [0.3, 0.4) is 0 Å². The number of rotatable bonds is 4. The van der Waals surface area contributed by atoms with Crippen molar-refractivity contribution in [2.45, 2.75) is 105 Å². The molecule has 2 aliphatic heterocycles. The van der Waals surface area contributed by atoms with E-state index in [1.807, 2.05) is 0 Å². The average molecular weight is 975 g/mol. The zero-order valence-electron chi connectivity index (χ0n) is 45.8. The van der Waals surface area contributed by atoms with Gasteiger partial charge in [0.15, 0.2) is 0 Å². The first-order chi connectivity index (χ1) is 35.7. The molecule has 0 amide bonds. The number of anilines is 6. The normalized spacial score (nSPS) is 13.8. The summed E-state index contributed by atoms with van der Waals surface area (Å²) in [5.41, 5.74) is 23.5. The maximum absolute atomic E-state index is 2.53. The third-order valence-corrected chi connectivity index (χ3v) is 16.5. The molecule has 0 unspecified atom stereocenters. The van der Waals surface area contributed by atoms with Crippen LogP contribution in [-0.2, 0) is 21.7 Å². The molecule has 0 N–H and O–H groups in total. The SMILES string of the molecule is CC(C)(C)c1ccc2c(c1)c1cc(C(C)(C)C)ccc1n2-c1ccc2c(c1)B1c3cc(-n4c5ccc(C(C)(C)C)cc5c5cc(C(C)(C)C)ccc54)ccc3N(c3ccccc3)c3cccc(c31)N2c1ccccc1. The van der Waals surface area contributed by atoms with Gasteiger partial charge in [-0.3, -0.25) is 0 Å². The van der Waals surface area contributed by atoms with Crippen LogP contribution in [-0.4, -0.2) is 15.8 Å². The molecule has 5 heteroatoms. The zero-order valence-corrected chi connectivity index (χ0v) is 45.8. The topological polar surface area (TPSA) is 16.3 Å². The second-order valence-corrected chi connectivity index (χ2v) is 25.6. The summed E-state index contributed by atoms with van der Waals surface area (Å²) < 4.78 is 5.06. The lowest BCUT2D eigenvalue weighted by Crippen LogP contribution is -2.61. The molecule has 4 nitrogen and oxygen atoms in total. The van der Waals surface area contributed by atoms with Gasteiger partial charge in [-0.1, -0.05) is 150 Å². The lowest BCUT2D eigenvalue weighted by atomic mass is 9.33. The van der Waals surface area contributed by atoms with Gasteiger partial charge in [-0.2, -0.15) is 0 Å². The largest absolute Gasteiger partial charge is 0.311 e. The predicted octanol–water partition coefficient (Wildman–Crippen LogP) is 17.2. The van der Waals surface area contributed by atoms with E-state index in [1.165, 1.54) is 105 Å². The quantitative estimate of drug-likeness (QED) is 0.163. The minimum absolute atomic E-state index is 0.00683. The Balaban J connectivity index is 1.11.